The second-order valence-corrected chi connectivity index (χ2v) is 6.74. The first-order chi connectivity index (χ1) is 9.83. The van der Waals surface area contributed by atoms with Gasteiger partial charge in [-0.2, -0.15) is 0 Å². The molecule has 0 aromatic carbocycles. The van der Waals surface area contributed by atoms with Gasteiger partial charge in [0.1, 0.15) is 11.5 Å². The van der Waals surface area contributed by atoms with E-state index in [2.05, 4.69) is 6.08 Å². The van der Waals surface area contributed by atoms with Crippen LogP contribution in [0.2, 0.25) is 0 Å². The van der Waals surface area contributed by atoms with Gasteiger partial charge < -0.3 is 9.84 Å². The van der Waals surface area contributed by atoms with Gasteiger partial charge >= 0.3 is 0 Å². The number of allylic oxidation sites excluding steroid dienone is 4. The summed E-state index contributed by atoms with van der Waals surface area (Å²) in [6.07, 6.45) is 15.0. The van der Waals surface area contributed by atoms with Crippen molar-refractivity contribution >= 4 is 0 Å². The summed E-state index contributed by atoms with van der Waals surface area (Å²) in [5.41, 5.74) is 3.15. The van der Waals surface area contributed by atoms with Crippen molar-refractivity contribution in [1.29, 1.82) is 0 Å². The summed E-state index contributed by atoms with van der Waals surface area (Å²) in [4.78, 5) is 0. The molecule has 4 rings (SSSR count). The molecule has 3 unspecified atom stereocenters. The Morgan fingerprint density at radius 1 is 1.05 bits per heavy atom. The van der Waals surface area contributed by atoms with E-state index in [4.69, 9.17) is 4.74 Å². The lowest BCUT2D eigenvalue weighted by atomic mass is 9.70. The van der Waals surface area contributed by atoms with E-state index in [9.17, 15) is 5.11 Å². The van der Waals surface area contributed by atoms with Crippen LogP contribution in [0.15, 0.2) is 34.8 Å². The molecule has 2 nitrogen and oxygen atoms in total. The van der Waals surface area contributed by atoms with Crippen molar-refractivity contribution in [2.24, 2.45) is 11.8 Å². The number of ether oxygens (including phenoxy) is 1. The number of aliphatic hydroxyl groups excluding tert-OH is 1. The SMILES string of the molecule is OC1C=C2OC3=C(CCCC3)C2C(C2=CCCCC2)C1. The highest BCUT2D eigenvalue weighted by Gasteiger charge is 2.43. The molecule has 2 heteroatoms. The van der Waals surface area contributed by atoms with E-state index >= 15 is 0 Å². The fourth-order valence-corrected chi connectivity index (χ4v) is 4.52. The maximum atomic E-state index is 10.2. The summed E-state index contributed by atoms with van der Waals surface area (Å²) in [5, 5.41) is 10.2. The number of hydrogen-bond acceptors (Lipinski definition) is 2. The van der Waals surface area contributed by atoms with E-state index < -0.39 is 0 Å². The van der Waals surface area contributed by atoms with Gasteiger partial charge in [0.25, 0.3) is 0 Å². The third kappa shape index (κ3) is 2.05. The Kier molecular flexibility index (Phi) is 3.22. The first-order valence-corrected chi connectivity index (χ1v) is 8.31. The molecular formula is C18H24O2. The lowest BCUT2D eigenvalue weighted by molar-refractivity contribution is 0.149. The van der Waals surface area contributed by atoms with Crippen LogP contribution in [0.3, 0.4) is 0 Å². The van der Waals surface area contributed by atoms with Crippen LogP contribution in [-0.2, 0) is 4.74 Å². The van der Waals surface area contributed by atoms with Gasteiger partial charge in [0.15, 0.2) is 0 Å². The van der Waals surface area contributed by atoms with Gasteiger partial charge in [-0.25, -0.2) is 0 Å². The molecule has 3 aliphatic carbocycles. The number of fused-ring (bicyclic) bond motifs is 2. The van der Waals surface area contributed by atoms with Crippen LogP contribution < -0.4 is 0 Å². The molecule has 1 aliphatic heterocycles. The van der Waals surface area contributed by atoms with E-state index in [1.54, 1.807) is 11.1 Å². The van der Waals surface area contributed by atoms with Gasteiger partial charge in [-0.05, 0) is 68.9 Å². The molecule has 0 fully saturated rings. The van der Waals surface area contributed by atoms with Gasteiger partial charge in [-0.15, -0.1) is 0 Å². The summed E-state index contributed by atoms with van der Waals surface area (Å²) >= 11 is 0. The molecule has 1 N–H and O–H groups in total. The fourth-order valence-electron chi connectivity index (χ4n) is 4.52. The summed E-state index contributed by atoms with van der Waals surface area (Å²) in [6, 6.07) is 0. The van der Waals surface area contributed by atoms with Gasteiger partial charge in [0.2, 0.25) is 0 Å². The molecule has 0 amide bonds. The average molecular weight is 272 g/mol. The molecule has 0 radical (unpaired) electrons. The second-order valence-electron chi connectivity index (χ2n) is 6.74. The molecule has 1 heterocycles. The van der Waals surface area contributed by atoms with Gasteiger partial charge in [0.05, 0.1) is 6.10 Å². The monoisotopic (exact) mass is 272 g/mol. The summed E-state index contributed by atoms with van der Waals surface area (Å²) < 4.78 is 6.11. The Labute approximate surface area is 121 Å². The Hall–Kier alpha value is -1.02. The number of rotatable bonds is 1. The average Bonchev–Trinajstić information content (AvgIpc) is 2.85. The number of aliphatic hydroxyl groups is 1. The standard InChI is InChI=1S/C18H24O2/c19-13-10-15(12-6-2-1-3-7-12)18-14-8-4-5-9-16(14)20-17(18)11-13/h6,11,13,15,18-19H,1-5,7-10H2. The molecule has 0 bridgehead atoms. The molecule has 108 valence electrons. The van der Waals surface area contributed by atoms with Crippen LogP contribution in [0, 0.1) is 11.8 Å². The highest BCUT2D eigenvalue weighted by atomic mass is 16.5. The van der Waals surface area contributed by atoms with Gasteiger partial charge in [0, 0.05) is 12.3 Å². The smallest absolute Gasteiger partial charge is 0.110 e. The van der Waals surface area contributed by atoms with Gasteiger partial charge in [-0.1, -0.05) is 11.6 Å². The maximum absolute atomic E-state index is 10.2. The minimum atomic E-state index is -0.324. The zero-order chi connectivity index (χ0) is 13.5. The third-order valence-corrected chi connectivity index (χ3v) is 5.44. The Morgan fingerprint density at radius 3 is 2.75 bits per heavy atom. The second kappa shape index (κ2) is 5.07. The van der Waals surface area contributed by atoms with E-state index in [0.29, 0.717) is 11.8 Å². The lowest BCUT2D eigenvalue weighted by Crippen LogP contribution is -2.29. The first-order valence-electron chi connectivity index (χ1n) is 8.31. The molecule has 0 spiro atoms. The molecule has 0 saturated carbocycles. The van der Waals surface area contributed by atoms with Crippen LogP contribution in [0.25, 0.3) is 0 Å². The van der Waals surface area contributed by atoms with Crippen LogP contribution in [0.4, 0.5) is 0 Å². The van der Waals surface area contributed by atoms with Crippen molar-refractivity contribution in [3.05, 3.63) is 34.8 Å². The Balaban J connectivity index is 1.70. The van der Waals surface area contributed by atoms with Crippen LogP contribution in [0.5, 0.6) is 0 Å². The number of hydrogen-bond donors (Lipinski definition) is 1. The normalized spacial score (nSPS) is 36.8. The van der Waals surface area contributed by atoms with Crippen LogP contribution in [0.1, 0.15) is 57.8 Å². The van der Waals surface area contributed by atoms with Crippen LogP contribution >= 0.6 is 0 Å². The molecule has 0 saturated heterocycles. The molecule has 3 atom stereocenters. The quantitative estimate of drug-likeness (QED) is 0.724. The van der Waals surface area contributed by atoms with E-state index in [-0.39, 0.29) is 6.10 Å². The highest BCUT2D eigenvalue weighted by molar-refractivity contribution is 5.36. The minimum Gasteiger partial charge on any atom is -0.466 e. The first kappa shape index (κ1) is 12.7. The van der Waals surface area contributed by atoms with E-state index in [1.165, 1.54) is 50.7 Å². The molecule has 0 aromatic heterocycles. The molecular weight excluding hydrogens is 248 g/mol. The van der Waals surface area contributed by atoms with Crippen molar-refractivity contribution in [2.45, 2.75) is 63.9 Å². The largest absolute Gasteiger partial charge is 0.466 e. The van der Waals surface area contributed by atoms with Crippen molar-refractivity contribution in [3.63, 3.8) is 0 Å². The molecule has 20 heavy (non-hydrogen) atoms. The summed E-state index contributed by atoms with van der Waals surface area (Å²) in [6.45, 7) is 0. The van der Waals surface area contributed by atoms with E-state index in [1.807, 2.05) is 6.08 Å². The van der Waals surface area contributed by atoms with Crippen molar-refractivity contribution < 1.29 is 9.84 Å². The van der Waals surface area contributed by atoms with Crippen molar-refractivity contribution in [3.8, 4) is 0 Å². The minimum absolute atomic E-state index is 0.324. The summed E-state index contributed by atoms with van der Waals surface area (Å²) in [7, 11) is 0. The predicted molar refractivity (Wildman–Crippen MR) is 78.8 cm³/mol. The Bertz CT molecular complexity index is 498. The van der Waals surface area contributed by atoms with Gasteiger partial charge in [-0.3, -0.25) is 0 Å². The lowest BCUT2D eigenvalue weighted by Gasteiger charge is -2.34. The maximum Gasteiger partial charge on any atom is 0.110 e. The Morgan fingerprint density at radius 2 is 1.90 bits per heavy atom. The zero-order valence-electron chi connectivity index (χ0n) is 12.1. The topological polar surface area (TPSA) is 29.5 Å². The molecule has 4 aliphatic rings. The third-order valence-electron chi connectivity index (χ3n) is 5.44. The van der Waals surface area contributed by atoms with Crippen molar-refractivity contribution in [2.75, 3.05) is 0 Å². The van der Waals surface area contributed by atoms with Crippen molar-refractivity contribution in [1.82, 2.24) is 0 Å². The summed E-state index contributed by atoms with van der Waals surface area (Å²) in [5.74, 6) is 3.25. The predicted octanol–water partition coefficient (Wildman–Crippen LogP) is 4.23. The van der Waals surface area contributed by atoms with E-state index in [0.717, 1.165) is 18.6 Å². The van der Waals surface area contributed by atoms with Crippen LogP contribution in [-0.4, -0.2) is 11.2 Å². The fraction of sp³-hybridized carbons (Fsp3) is 0.667. The highest BCUT2D eigenvalue weighted by Crippen LogP contribution is 2.51. The zero-order valence-corrected chi connectivity index (χ0v) is 12.1. The molecule has 0 aromatic rings.